The van der Waals surface area contributed by atoms with E-state index in [1.807, 2.05) is 0 Å². The smallest absolute Gasteiger partial charge is 0.101 e. The summed E-state index contributed by atoms with van der Waals surface area (Å²) in [7, 11) is 14.1. The topological polar surface area (TPSA) is 60.0 Å². The highest BCUT2D eigenvalue weighted by Crippen LogP contribution is 2.59. The third-order valence-corrected chi connectivity index (χ3v) is 12.8. The molecule has 0 aromatic carbocycles. The summed E-state index contributed by atoms with van der Waals surface area (Å²) in [6, 6.07) is 0. The fourth-order valence-corrected chi connectivity index (χ4v) is 7.49. The Labute approximate surface area is 215 Å². The van der Waals surface area contributed by atoms with Crippen molar-refractivity contribution in [2.24, 2.45) is 33.5 Å². The normalized spacial score (nSPS) is 36.2. The Morgan fingerprint density at radius 3 is 0.824 bits per heavy atom. The first-order chi connectivity index (χ1) is 13.7. The van der Waals surface area contributed by atoms with E-state index in [1.165, 1.54) is 25.7 Å². The van der Waals surface area contributed by atoms with E-state index in [2.05, 4.69) is 125 Å². The summed E-state index contributed by atoms with van der Waals surface area (Å²) in [5.74, 6) is 1.52. The molecular formula is C30H66N2O2. The first kappa shape index (κ1) is 36.0. The molecule has 2 aliphatic rings. The van der Waals surface area contributed by atoms with Crippen molar-refractivity contribution in [3.63, 3.8) is 0 Å². The molecule has 0 bridgehead atoms. The molecule has 2 N–H and O–H groups in total. The van der Waals surface area contributed by atoms with Gasteiger partial charge in [0.25, 0.3) is 0 Å². The molecule has 4 heteroatoms. The van der Waals surface area contributed by atoms with E-state index in [-0.39, 0.29) is 11.0 Å². The molecule has 0 aromatic rings. The molecular weight excluding hydrogens is 420 g/mol. The predicted octanol–water partition coefficient (Wildman–Crippen LogP) is 7.51. The van der Waals surface area contributed by atoms with Crippen LogP contribution in [0.4, 0.5) is 0 Å². The summed E-state index contributed by atoms with van der Waals surface area (Å²) in [6.07, 6.45) is 5.37. The van der Waals surface area contributed by atoms with Gasteiger partial charge in [-0.15, -0.1) is 0 Å². The maximum Gasteiger partial charge on any atom is 0.101 e. The van der Waals surface area contributed by atoms with Crippen molar-refractivity contribution < 1.29 is 19.9 Å². The molecule has 0 spiro atoms. The van der Waals surface area contributed by atoms with E-state index in [9.17, 15) is 0 Å². The van der Waals surface area contributed by atoms with Crippen LogP contribution in [0.1, 0.15) is 109 Å². The zero-order chi connectivity index (χ0) is 26.0. The van der Waals surface area contributed by atoms with Gasteiger partial charge >= 0.3 is 0 Å². The molecule has 208 valence electrons. The van der Waals surface area contributed by atoms with Gasteiger partial charge in [-0.2, -0.15) is 0 Å². The van der Waals surface area contributed by atoms with Gasteiger partial charge in [0.05, 0.1) is 42.3 Å². The van der Waals surface area contributed by atoms with Crippen LogP contribution in [-0.4, -0.2) is 73.3 Å². The second-order valence-corrected chi connectivity index (χ2v) is 16.4. The van der Waals surface area contributed by atoms with Crippen molar-refractivity contribution in [2.75, 3.05) is 42.3 Å². The second kappa shape index (κ2) is 9.95. The second-order valence-electron chi connectivity index (χ2n) is 16.4. The summed E-state index contributed by atoms with van der Waals surface area (Å²) < 4.78 is 2.14. The Kier molecular flexibility index (Phi) is 10.5. The number of quaternary nitrogens is 2. The molecule has 4 nitrogen and oxygen atoms in total. The van der Waals surface area contributed by atoms with Gasteiger partial charge in [0.2, 0.25) is 0 Å². The first-order valence-electron chi connectivity index (χ1n) is 13.4. The quantitative estimate of drug-likeness (QED) is 0.379. The monoisotopic (exact) mass is 487 g/mol. The standard InChI is InChI=1S/2C15H32N.2H2O/c2*1-12-13(2,3)10-11-15(6,14(12,4)5)16(7,8)9;;/h2*12H,10-11H2,1-9H3;2*1H2/q2*+1;;/p-2. The largest absolute Gasteiger partial charge is 0.870 e. The van der Waals surface area contributed by atoms with Gasteiger partial charge < -0.3 is 19.9 Å². The highest BCUT2D eigenvalue weighted by Gasteiger charge is 2.60. The van der Waals surface area contributed by atoms with E-state index >= 15 is 0 Å². The van der Waals surface area contributed by atoms with Crippen LogP contribution in [0.15, 0.2) is 0 Å². The minimum absolute atomic E-state index is 0. The summed E-state index contributed by atoms with van der Waals surface area (Å²) in [5, 5.41) is 0. The average molecular weight is 487 g/mol. The summed E-state index contributed by atoms with van der Waals surface area (Å²) in [5.41, 5.74) is 2.49. The summed E-state index contributed by atoms with van der Waals surface area (Å²) >= 11 is 0. The number of hydrogen-bond donors (Lipinski definition) is 0. The Balaban J connectivity index is 0. The number of hydrogen-bond acceptors (Lipinski definition) is 2. The van der Waals surface area contributed by atoms with Crippen LogP contribution in [0.5, 0.6) is 0 Å². The molecule has 2 rings (SSSR count). The molecule has 0 heterocycles. The van der Waals surface area contributed by atoms with E-state index in [1.54, 1.807) is 0 Å². The van der Waals surface area contributed by atoms with Crippen molar-refractivity contribution in [3.05, 3.63) is 0 Å². The predicted molar refractivity (Wildman–Crippen MR) is 149 cm³/mol. The highest BCUT2D eigenvalue weighted by molar-refractivity contribution is 5.04. The third kappa shape index (κ3) is 5.55. The van der Waals surface area contributed by atoms with Crippen molar-refractivity contribution >= 4 is 0 Å². The molecule has 4 atom stereocenters. The lowest BCUT2D eigenvalue weighted by Crippen LogP contribution is -2.68. The highest BCUT2D eigenvalue weighted by atomic mass is 16.0. The molecule has 0 aromatic heterocycles. The lowest BCUT2D eigenvalue weighted by Gasteiger charge is -2.62. The molecule has 0 radical (unpaired) electrons. The van der Waals surface area contributed by atoms with Crippen LogP contribution < -0.4 is 0 Å². The van der Waals surface area contributed by atoms with Gasteiger partial charge in [-0.25, -0.2) is 0 Å². The van der Waals surface area contributed by atoms with Crippen LogP contribution in [0.2, 0.25) is 0 Å². The lowest BCUT2D eigenvalue weighted by atomic mass is 9.50. The van der Waals surface area contributed by atoms with Crippen molar-refractivity contribution in [1.29, 1.82) is 0 Å². The average Bonchev–Trinajstić information content (AvgIpc) is 2.59. The number of nitrogens with zero attached hydrogens (tertiary/aromatic N) is 2. The van der Waals surface area contributed by atoms with Gasteiger partial charge in [0.1, 0.15) is 11.1 Å². The zero-order valence-electron chi connectivity index (χ0n) is 26.8. The maximum atomic E-state index is 2.48. The van der Waals surface area contributed by atoms with Crippen LogP contribution in [0.3, 0.4) is 0 Å². The van der Waals surface area contributed by atoms with E-state index < -0.39 is 0 Å². The van der Waals surface area contributed by atoms with Gasteiger partial charge in [0, 0.05) is 23.7 Å². The minimum Gasteiger partial charge on any atom is -0.870 e. The molecule has 2 aliphatic carbocycles. The van der Waals surface area contributed by atoms with Crippen LogP contribution in [-0.2, 0) is 0 Å². The van der Waals surface area contributed by atoms with Gasteiger partial charge in [-0.05, 0) is 49.4 Å². The van der Waals surface area contributed by atoms with Crippen LogP contribution in [0, 0.1) is 33.5 Å². The molecule has 2 fully saturated rings. The molecule has 0 saturated heterocycles. The first-order valence-corrected chi connectivity index (χ1v) is 13.4. The third-order valence-electron chi connectivity index (χ3n) is 12.8. The fourth-order valence-electron chi connectivity index (χ4n) is 7.49. The van der Waals surface area contributed by atoms with Crippen molar-refractivity contribution in [2.45, 2.75) is 120 Å². The molecule has 34 heavy (non-hydrogen) atoms. The van der Waals surface area contributed by atoms with E-state index in [0.29, 0.717) is 32.7 Å². The van der Waals surface area contributed by atoms with Crippen LogP contribution >= 0.6 is 0 Å². The van der Waals surface area contributed by atoms with Crippen molar-refractivity contribution in [3.8, 4) is 0 Å². The van der Waals surface area contributed by atoms with Gasteiger partial charge in [-0.1, -0.05) is 69.2 Å². The fraction of sp³-hybridized carbons (Fsp3) is 1.00. The SMILES string of the molecule is CC1C(C)(C)CCC(C)([N+](C)(C)C)C1(C)C.CC1C(C)(C)CCC(C)([N+](C)(C)C)C1(C)C.[OH-].[OH-]. The molecule has 4 unspecified atom stereocenters. The maximum absolute atomic E-state index is 2.48. The summed E-state index contributed by atoms with van der Waals surface area (Å²) in [6.45, 7) is 29.5. The minimum atomic E-state index is 0. The molecule has 0 amide bonds. The summed E-state index contributed by atoms with van der Waals surface area (Å²) in [4.78, 5) is 0. The molecule has 0 aliphatic heterocycles. The Morgan fingerprint density at radius 2 is 0.647 bits per heavy atom. The van der Waals surface area contributed by atoms with E-state index in [0.717, 1.165) is 20.8 Å². The zero-order valence-corrected chi connectivity index (χ0v) is 26.8. The number of rotatable bonds is 2. The van der Waals surface area contributed by atoms with Gasteiger partial charge in [0.15, 0.2) is 0 Å². The van der Waals surface area contributed by atoms with Crippen molar-refractivity contribution in [1.82, 2.24) is 0 Å². The Bertz CT molecular complexity index is 608. The lowest BCUT2D eigenvalue weighted by molar-refractivity contribution is -0.933. The Morgan fingerprint density at radius 1 is 0.441 bits per heavy atom. The molecule has 2 saturated carbocycles. The van der Waals surface area contributed by atoms with Gasteiger partial charge in [-0.3, -0.25) is 0 Å². The van der Waals surface area contributed by atoms with Crippen LogP contribution in [0.25, 0.3) is 0 Å². The van der Waals surface area contributed by atoms with E-state index in [4.69, 9.17) is 0 Å². The Hall–Kier alpha value is -0.160.